The van der Waals surface area contributed by atoms with E-state index in [-0.39, 0.29) is 17.2 Å². The van der Waals surface area contributed by atoms with Crippen molar-refractivity contribution in [2.75, 3.05) is 11.5 Å². The van der Waals surface area contributed by atoms with Crippen LogP contribution in [0.1, 0.15) is 29.9 Å². The maximum atomic E-state index is 13.0. The van der Waals surface area contributed by atoms with Gasteiger partial charge in [0.05, 0.1) is 18.2 Å². The second-order valence-corrected chi connectivity index (χ2v) is 7.41. The van der Waals surface area contributed by atoms with Crippen molar-refractivity contribution in [1.29, 1.82) is 0 Å². The largest absolute Gasteiger partial charge is 0.507 e. The van der Waals surface area contributed by atoms with Gasteiger partial charge in [0, 0.05) is 16.7 Å². The molecule has 1 amide bonds. The monoisotopic (exact) mass is 438 g/mol. The number of nitrogens with zero attached hydrogens (tertiary/aromatic N) is 2. The average molecular weight is 439 g/mol. The van der Waals surface area contributed by atoms with Gasteiger partial charge in [0.1, 0.15) is 17.3 Å². The Kier molecular flexibility index (Phi) is 5.52. The fraction of sp³-hybridized carbons (Fsp3) is 0.174. The predicted octanol–water partition coefficient (Wildman–Crippen LogP) is 4.66. The van der Waals surface area contributed by atoms with E-state index in [9.17, 15) is 14.7 Å². The number of hydrogen-bond acceptors (Lipinski definition) is 6. The molecule has 1 fully saturated rings. The van der Waals surface area contributed by atoms with Gasteiger partial charge in [-0.1, -0.05) is 28.9 Å². The molecule has 0 unspecified atom stereocenters. The number of anilines is 1. The molecule has 4 rings (SSSR count). The van der Waals surface area contributed by atoms with E-state index in [1.54, 1.807) is 61.5 Å². The lowest BCUT2D eigenvalue weighted by atomic mass is 9.95. The molecule has 2 aromatic carbocycles. The standard InChI is InChI=1S/C23H19ClN2O5/c1-3-30-17-10-6-14(7-11-17)20-19(21(27)15-4-8-16(24)9-5-15)22(28)23(29)26(20)18-12-13(2)31-25-18/h4-12,20,27H,3H2,1-2H3/b21-19+/t20-/m1/s1. The minimum absolute atomic E-state index is 0.0443. The molecule has 2 heterocycles. The van der Waals surface area contributed by atoms with Crippen LogP contribution < -0.4 is 9.64 Å². The molecule has 3 aromatic rings. The van der Waals surface area contributed by atoms with Gasteiger partial charge in [-0.15, -0.1) is 0 Å². The number of aliphatic hydroxyl groups excluding tert-OH is 1. The summed E-state index contributed by atoms with van der Waals surface area (Å²) in [6.07, 6.45) is 0. The SMILES string of the molecule is CCOc1ccc([C@@H]2/C(=C(\O)c3ccc(Cl)cc3)C(=O)C(=O)N2c2cc(C)on2)cc1. The first-order chi connectivity index (χ1) is 14.9. The fourth-order valence-electron chi connectivity index (χ4n) is 3.53. The molecule has 31 heavy (non-hydrogen) atoms. The van der Waals surface area contributed by atoms with Gasteiger partial charge < -0.3 is 14.4 Å². The molecule has 7 nitrogen and oxygen atoms in total. The van der Waals surface area contributed by atoms with E-state index >= 15 is 0 Å². The first-order valence-electron chi connectivity index (χ1n) is 9.63. The number of hydrogen-bond donors (Lipinski definition) is 1. The van der Waals surface area contributed by atoms with Crippen molar-refractivity contribution < 1.29 is 24.0 Å². The van der Waals surface area contributed by atoms with Crippen LogP contribution in [0, 0.1) is 6.92 Å². The first-order valence-corrected chi connectivity index (χ1v) is 10.0. The third kappa shape index (κ3) is 3.80. The molecule has 1 atom stereocenters. The topological polar surface area (TPSA) is 92.9 Å². The van der Waals surface area contributed by atoms with Crippen LogP contribution in [-0.4, -0.2) is 28.6 Å². The summed E-state index contributed by atoms with van der Waals surface area (Å²) in [4.78, 5) is 27.2. The van der Waals surface area contributed by atoms with E-state index in [4.69, 9.17) is 20.9 Å². The summed E-state index contributed by atoms with van der Waals surface area (Å²) < 4.78 is 10.6. The lowest BCUT2D eigenvalue weighted by Gasteiger charge is -2.23. The van der Waals surface area contributed by atoms with Crippen molar-refractivity contribution in [3.63, 3.8) is 0 Å². The Hall–Kier alpha value is -3.58. The first kappa shape index (κ1) is 20.7. The predicted molar refractivity (Wildman–Crippen MR) is 115 cm³/mol. The molecule has 0 spiro atoms. The van der Waals surface area contributed by atoms with Crippen molar-refractivity contribution in [3.05, 3.63) is 82.1 Å². The molecular formula is C23H19ClN2O5. The highest BCUT2D eigenvalue weighted by Gasteiger charge is 2.48. The van der Waals surface area contributed by atoms with Crippen LogP contribution in [0.4, 0.5) is 5.82 Å². The number of rotatable bonds is 5. The van der Waals surface area contributed by atoms with Crippen LogP contribution in [-0.2, 0) is 9.59 Å². The number of ketones is 1. The summed E-state index contributed by atoms with van der Waals surface area (Å²) in [6.45, 7) is 4.07. The maximum Gasteiger partial charge on any atom is 0.301 e. The Morgan fingerprint density at radius 3 is 2.42 bits per heavy atom. The number of carbonyl (C=O) groups excluding carboxylic acids is 2. The highest BCUT2D eigenvalue weighted by atomic mass is 35.5. The number of benzene rings is 2. The Morgan fingerprint density at radius 1 is 1.16 bits per heavy atom. The second-order valence-electron chi connectivity index (χ2n) is 6.97. The number of aryl methyl sites for hydroxylation is 1. The number of aliphatic hydroxyl groups is 1. The van der Waals surface area contributed by atoms with Gasteiger partial charge in [0.2, 0.25) is 0 Å². The van der Waals surface area contributed by atoms with Crippen LogP contribution in [0.2, 0.25) is 5.02 Å². The zero-order valence-corrected chi connectivity index (χ0v) is 17.6. The van der Waals surface area contributed by atoms with Crippen LogP contribution in [0.5, 0.6) is 5.75 Å². The van der Waals surface area contributed by atoms with Crippen molar-refractivity contribution in [1.82, 2.24) is 5.16 Å². The summed E-state index contributed by atoms with van der Waals surface area (Å²) in [7, 11) is 0. The number of Topliss-reactive ketones (excluding diaryl/α,β-unsaturated/α-hetero) is 1. The third-order valence-electron chi connectivity index (χ3n) is 4.93. The molecule has 158 valence electrons. The van der Waals surface area contributed by atoms with Gasteiger partial charge in [-0.2, -0.15) is 0 Å². The van der Waals surface area contributed by atoms with Gasteiger partial charge in [-0.3, -0.25) is 14.5 Å². The molecule has 8 heteroatoms. The minimum Gasteiger partial charge on any atom is -0.507 e. The molecule has 0 bridgehead atoms. The molecule has 1 saturated heterocycles. The molecule has 1 aromatic heterocycles. The van der Waals surface area contributed by atoms with E-state index in [1.165, 1.54) is 4.90 Å². The number of carbonyl (C=O) groups is 2. The summed E-state index contributed by atoms with van der Waals surface area (Å²) in [6, 6.07) is 14.0. The maximum absolute atomic E-state index is 13.0. The second kappa shape index (κ2) is 8.28. The highest BCUT2D eigenvalue weighted by molar-refractivity contribution is 6.51. The van der Waals surface area contributed by atoms with Crippen LogP contribution in [0.25, 0.3) is 5.76 Å². The van der Waals surface area contributed by atoms with Crippen LogP contribution in [0.3, 0.4) is 0 Å². The van der Waals surface area contributed by atoms with Crippen molar-refractivity contribution in [2.24, 2.45) is 0 Å². The summed E-state index contributed by atoms with van der Waals surface area (Å²) in [5.74, 6) is -0.585. The third-order valence-corrected chi connectivity index (χ3v) is 5.18. The Morgan fingerprint density at radius 2 is 1.84 bits per heavy atom. The van der Waals surface area contributed by atoms with E-state index < -0.39 is 17.7 Å². The number of amides is 1. The van der Waals surface area contributed by atoms with Crippen LogP contribution in [0.15, 0.2) is 64.7 Å². The number of ether oxygens (including phenoxy) is 1. The van der Waals surface area contributed by atoms with E-state index in [0.717, 1.165) is 0 Å². The molecule has 0 saturated carbocycles. The number of halogens is 1. The normalized spacial score (nSPS) is 17.9. The molecule has 0 radical (unpaired) electrons. The molecule has 0 aliphatic carbocycles. The molecular weight excluding hydrogens is 420 g/mol. The summed E-state index contributed by atoms with van der Waals surface area (Å²) >= 11 is 5.94. The smallest absolute Gasteiger partial charge is 0.301 e. The Labute approximate surface area is 183 Å². The van der Waals surface area contributed by atoms with Gasteiger partial charge in [0.15, 0.2) is 5.82 Å². The van der Waals surface area contributed by atoms with Crippen molar-refractivity contribution >= 4 is 34.9 Å². The molecule has 1 aliphatic rings. The van der Waals surface area contributed by atoms with Gasteiger partial charge in [-0.25, -0.2) is 0 Å². The van der Waals surface area contributed by atoms with Gasteiger partial charge >= 0.3 is 5.91 Å². The summed E-state index contributed by atoms with van der Waals surface area (Å²) in [5.41, 5.74) is 0.936. The zero-order valence-electron chi connectivity index (χ0n) is 16.8. The molecule has 1 N–H and O–H groups in total. The Balaban J connectivity index is 1.89. The summed E-state index contributed by atoms with van der Waals surface area (Å²) in [5, 5.41) is 15.4. The zero-order chi connectivity index (χ0) is 22.1. The fourth-order valence-corrected chi connectivity index (χ4v) is 3.65. The van der Waals surface area contributed by atoms with Gasteiger partial charge in [-0.05, 0) is 55.8 Å². The molecule has 1 aliphatic heterocycles. The van der Waals surface area contributed by atoms with Crippen molar-refractivity contribution in [3.8, 4) is 5.75 Å². The Bertz CT molecular complexity index is 1170. The van der Waals surface area contributed by atoms with Crippen LogP contribution >= 0.6 is 11.6 Å². The van der Waals surface area contributed by atoms with E-state index in [2.05, 4.69) is 5.16 Å². The van der Waals surface area contributed by atoms with Crippen molar-refractivity contribution in [2.45, 2.75) is 19.9 Å². The number of aromatic nitrogens is 1. The van der Waals surface area contributed by atoms with Gasteiger partial charge in [0.25, 0.3) is 5.78 Å². The lowest BCUT2D eigenvalue weighted by molar-refractivity contribution is -0.132. The average Bonchev–Trinajstić information content (AvgIpc) is 3.30. The minimum atomic E-state index is -0.893. The quantitative estimate of drug-likeness (QED) is 0.354. The lowest BCUT2D eigenvalue weighted by Crippen LogP contribution is -2.29. The highest BCUT2D eigenvalue weighted by Crippen LogP contribution is 2.42. The van der Waals surface area contributed by atoms with E-state index in [1.807, 2.05) is 6.92 Å². The van der Waals surface area contributed by atoms with E-state index in [0.29, 0.717) is 34.3 Å².